The molecule has 24 heavy (non-hydrogen) atoms. The van der Waals surface area contributed by atoms with E-state index in [-0.39, 0.29) is 0 Å². The molecule has 4 heteroatoms. The van der Waals surface area contributed by atoms with Crippen molar-refractivity contribution < 1.29 is 14.0 Å². The highest BCUT2D eigenvalue weighted by atomic mass is 31.2. The summed E-state index contributed by atoms with van der Waals surface area (Å²) in [5.41, 5.74) is 1.21. The summed E-state index contributed by atoms with van der Waals surface area (Å²) in [5.74, 6) is 1.08. The highest BCUT2D eigenvalue weighted by Crippen LogP contribution is 2.41. The van der Waals surface area contributed by atoms with Crippen molar-refractivity contribution >= 4 is 12.9 Å². The maximum atomic E-state index is 12.4. The number of rotatable bonds is 9. The van der Waals surface area contributed by atoms with Crippen LogP contribution in [0.4, 0.5) is 0 Å². The molecular weight excluding hydrogens is 319 g/mol. The van der Waals surface area contributed by atoms with E-state index in [0.717, 1.165) is 12.8 Å². The molecule has 0 bridgehead atoms. The van der Waals surface area contributed by atoms with Crippen LogP contribution < -0.4 is 9.83 Å². The Kier molecular flexibility index (Phi) is 7.08. The Balaban J connectivity index is 2.03. The van der Waals surface area contributed by atoms with Crippen molar-refractivity contribution in [2.45, 2.75) is 46.0 Å². The largest absolute Gasteiger partial charge is 0.421 e. The van der Waals surface area contributed by atoms with Crippen LogP contribution in [0.1, 0.15) is 45.1 Å². The molecular formula is C20H27O3P. The zero-order valence-corrected chi connectivity index (χ0v) is 15.4. The third kappa shape index (κ3) is 5.51. The van der Waals surface area contributed by atoms with Crippen molar-refractivity contribution in [2.75, 3.05) is 0 Å². The minimum Gasteiger partial charge on any atom is -0.421 e. The van der Waals surface area contributed by atoms with Crippen LogP contribution in [0.25, 0.3) is 0 Å². The maximum Gasteiger partial charge on any atom is 0.408 e. The van der Waals surface area contributed by atoms with E-state index in [1.165, 1.54) is 24.8 Å². The van der Waals surface area contributed by atoms with E-state index in [9.17, 15) is 9.46 Å². The number of para-hydroxylation sites is 1. The summed E-state index contributed by atoms with van der Waals surface area (Å²) in [5, 5.41) is 0.330. The van der Waals surface area contributed by atoms with Crippen molar-refractivity contribution in [2.24, 2.45) is 5.92 Å². The predicted molar refractivity (Wildman–Crippen MR) is 100.0 cm³/mol. The highest BCUT2D eigenvalue weighted by molar-refractivity contribution is 7.61. The van der Waals surface area contributed by atoms with Gasteiger partial charge in [0.25, 0.3) is 0 Å². The number of benzene rings is 2. The first-order chi connectivity index (χ1) is 11.5. The van der Waals surface area contributed by atoms with Gasteiger partial charge in [0.2, 0.25) is 0 Å². The molecule has 0 spiro atoms. The fourth-order valence-electron chi connectivity index (χ4n) is 2.77. The smallest absolute Gasteiger partial charge is 0.408 e. The van der Waals surface area contributed by atoms with Crippen molar-refractivity contribution in [3.8, 4) is 5.75 Å². The van der Waals surface area contributed by atoms with Crippen molar-refractivity contribution in [3.63, 3.8) is 0 Å². The lowest BCUT2D eigenvalue weighted by Crippen LogP contribution is -2.10. The van der Waals surface area contributed by atoms with Crippen LogP contribution in [0.5, 0.6) is 5.75 Å². The first-order valence-electron chi connectivity index (χ1n) is 8.72. The minimum absolute atomic E-state index is 0.330. The quantitative estimate of drug-likeness (QED) is 0.624. The summed E-state index contributed by atoms with van der Waals surface area (Å²) in [6, 6.07) is 16.1. The minimum atomic E-state index is -3.85. The lowest BCUT2D eigenvalue weighted by Gasteiger charge is -2.16. The van der Waals surface area contributed by atoms with Gasteiger partial charge in [0.15, 0.2) is 0 Å². The van der Waals surface area contributed by atoms with Crippen LogP contribution in [-0.4, -0.2) is 4.89 Å². The zero-order valence-electron chi connectivity index (χ0n) is 14.5. The van der Waals surface area contributed by atoms with Crippen LogP contribution in [0, 0.1) is 5.92 Å². The summed E-state index contributed by atoms with van der Waals surface area (Å²) in [7, 11) is -3.85. The normalized spacial score (nSPS) is 14.8. The Hall–Kier alpha value is -1.57. The number of hydrogen-bond acceptors (Lipinski definition) is 2. The Morgan fingerprint density at radius 1 is 1.04 bits per heavy atom. The molecule has 2 rings (SSSR count). The van der Waals surface area contributed by atoms with E-state index in [4.69, 9.17) is 4.52 Å². The summed E-state index contributed by atoms with van der Waals surface area (Å²) in [6.45, 7) is 4.44. The molecule has 0 aliphatic rings. The topological polar surface area (TPSA) is 46.5 Å². The van der Waals surface area contributed by atoms with E-state index < -0.39 is 7.60 Å². The van der Waals surface area contributed by atoms with Gasteiger partial charge in [-0.25, -0.2) is 4.57 Å². The van der Waals surface area contributed by atoms with Crippen LogP contribution in [0.15, 0.2) is 54.6 Å². The molecule has 0 saturated heterocycles. The Morgan fingerprint density at radius 2 is 1.71 bits per heavy atom. The van der Waals surface area contributed by atoms with Gasteiger partial charge in [0.1, 0.15) is 5.75 Å². The summed E-state index contributed by atoms with van der Waals surface area (Å²) < 4.78 is 17.7. The predicted octanol–water partition coefficient (Wildman–Crippen LogP) is 5.34. The Labute approximate surface area is 145 Å². The number of hydrogen-bond donors (Lipinski definition) is 1. The van der Waals surface area contributed by atoms with E-state index in [2.05, 4.69) is 13.8 Å². The van der Waals surface area contributed by atoms with Crippen molar-refractivity contribution in [1.82, 2.24) is 0 Å². The van der Waals surface area contributed by atoms with Crippen molar-refractivity contribution in [1.29, 1.82) is 0 Å². The standard InChI is InChI=1S/C20H27O3P/c1-3-5-9-17(4-2)16-18-12-14-20(15-13-18)24(21,22)23-19-10-7-6-8-11-19/h6-8,10-15,17H,3-5,9,16H2,1-2H3,(H,21,22). The van der Waals surface area contributed by atoms with Crippen LogP contribution in [0.2, 0.25) is 0 Å². The lowest BCUT2D eigenvalue weighted by atomic mass is 9.92. The molecule has 3 nitrogen and oxygen atoms in total. The van der Waals surface area contributed by atoms with E-state index in [1.54, 1.807) is 36.4 Å². The third-order valence-corrected chi connectivity index (χ3v) is 5.71. The van der Waals surface area contributed by atoms with Gasteiger partial charge >= 0.3 is 7.60 Å². The van der Waals surface area contributed by atoms with Crippen molar-refractivity contribution in [3.05, 3.63) is 60.2 Å². The Morgan fingerprint density at radius 3 is 2.29 bits per heavy atom. The molecule has 0 fully saturated rings. The molecule has 0 aromatic heterocycles. The van der Waals surface area contributed by atoms with E-state index in [1.807, 2.05) is 18.2 Å². The lowest BCUT2D eigenvalue weighted by molar-refractivity contribution is 0.393. The molecule has 0 aliphatic carbocycles. The molecule has 2 aromatic carbocycles. The third-order valence-electron chi connectivity index (χ3n) is 4.30. The van der Waals surface area contributed by atoms with Gasteiger partial charge < -0.3 is 9.42 Å². The second kappa shape index (κ2) is 9.05. The van der Waals surface area contributed by atoms with Gasteiger partial charge in [0, 0.05) is 0 Å². The molecule has 0 saturated carbocycles. The molecule has 2 aromatic rings. The second-order valence-electron chi connectivity index (χ2n) is 6.21. The monoisotopic (exact) mass is 346 g/mol. The Bertz CT molecular complexity index is 652. The van der Waals surface area contributed by atoms with Crippen LogP contribution >= 0.6 is 7.60 Å². The molecule has 0 aliphatic heterocycles. The molecule has 2 atom stereocenters. The average molecular weight is 346 g/mol. The fraction of sp³-hybridized carbons (Fsp3) is 0.400. The van der Waals surface area contributed by atoms with Gasteiger partial charge in [-0.05, 0) is 42.2 Å². The summed E-state index contributed by atoms with van der Waals surface area (Å²) in [4.78, 5) is 10.2. The van der Waals surface area contributed by atoms with Gasteiger partial charge in [-0.3, -0.25) is 0 Å². The summed E-state index contributed by atoms with van der Waals surface area (Å²) in [6.07, 6.45) is 5.90. The van der Waals surface area contributed by atoms with E-state index in [0.29, 0.717) is 17.0 Å². The van der Waals surface area contributed by atoms with Crippen LogP contribution in [-0.2, 0) is 11.0 Å². The number of unbranched alkanes of at least 4 members (excludes halogenated alkanes) is 1. The van der Waals surface area contributed by atoms with Gasteiger partial charge in [-0.15, -0.1) is 0 Å². The first-order valence-corrected chi connectivity index (χ1v) is 10.3. The maximum absolute atomic E-state index is 12.4. The highest BCUT2D eigenvalue weighted by Gasteiger charge is 2.24. The van der Waals surface area contributed by atoms with E-state index >= 15 is 0 Å². The molecule has 0 heterocycles. The summed E-state index contributed by atoms with van der Waals surface area (Å²) >= 11 is 0. The fourth-order valence-corrected chi connectivity index (χ4v) is 3.81. The first kappa shape index (κ1) is 18.8. The second-order valence-corrected chi connectivity index (χ2v) is 7.95. The van der Waals surface area contributed by atoms with Crippen LogP contribution in [0.3, 0.4) is 0 Å². The van der Waals surface area contributed by atoms with Gasteiger partial charge in [0.05, 0.1) is 5.30 Å². The SMILES string of the molecule is CCCCC(CC)Cc1ccc(P(=O)(O)Oc2ccccc2)cc1. The van der Waals surface area contributed by atoms with Gasteiger partial charge in [-0.1, -0.05) is 69.9 Å². The molecule has 0 amide bonds. The molecule has 1 N–H and O–H groups in total. The molecule has 2 unspecified atom stereocenters. The molecule has 130 valence electrons. The average Bonchev–Trinajstić information content (AvgIpc) is 2.59. The van der Waals surface area contributed by atoms with Gasteiger partial charge in [-0.2, -0.15) is 0 Å². The zero-order chi connectivity index (χ0) is 17.4. The molecule has 0 radical (unpaired) electrons.